The first-order valence-corrected chi connectivity index (χ1v) is 10.5. The van der Waals surface area contributed by atoms with Crippen molar-refractivity contribution in [1.82, 2.24) is 19.4 Å². The number of carbonyl (C=O) groups is 2. The predicted octanol–water partition coefficient (Wildman–Crippen LogP) is 4.34. The number of aromatic nitrogens is 3. The van der Waals surface area contributed by atoms with Gasteiger partial charge in [0.15, 0.2) is 5.65 Å². The monoisotopic (exact) mass is 388 g/mol. The van der Waals surface area contributed by atoms with E-state index in [0.29, 0.717) is 12.1 Å². The Hall–Kier alpha value is -2.44. The zero-order valence-electron chi connectivity index (χ0n) is 17.1. The molecule has 2 rings (SSSR count). The Kier molecular flexibility index (Phi) is 8.91. The molecule has 7 nitrogen and oxygen atoms in total. The molecule has 28 heavy (non-hydrogen) atoms. The van der Waals surface area contributed by atoms with Gasteiger partial charge in [-0.05, 0) is 25.0 Å². The molecule has 2 aromatic rings. The number of unbranched alkanes of at least 4 members (excludes halogenated alkanes) is 7. The van der Waals surface area contributed by atoms with Crippen LogP contribution >= 0.6 is 0 Å². The van der Waals surface area contributed by atoms with Crippen molar-refractivity contribution in [1.29, 1.82) is 0 Å². The first-order valence-electron chi connectivity index (χ1n) is 10.5. The zero-order valence-corrected chi connectivity index (χ0v) is 17.1. The van der Waals surface area contributed by atoms with Crippen LogP contribution in [0, 0.1) is 0 Å². The molecule has 154 valence electrons. The average molecular weight is 389 g/mol. The molecule has 2 aromatic heterocycles. The second kappa shape index (κ2) is 11.4. The van der Waals surface area contributed by atoms with Gasteiger partial charge in [0.2, 0.25) is 5.91 Å². The van der Waals surface area contributed by atoms with Crippen LogP contribution < -0.4 is 11.0 Å². The molecule has 1 N–H and O–H groups in total. The van der Waals surface area contributed by atoms with E-state index in [1.807, 2.05) is 0 Å². The fourth-order valence-corrected chi connectivity index (χ4v) is 3.27. The summed E-state index contributed by atoms with van der Waals surface area (Å²) in [7, 11) is 0. The Morgan fingerprint density at radius 1 is 0.964 bits per heavy atom. The molecule has 0 atom stereocenters. The molecule has 0 fully saturated rings. The molecule has 0 aliphatic heterocycles. The summed E-state index contributed by atoms with van der Waals surface area (Å²) >= 11 is 0. The molecule has 0 aromatic carbocycles. The van der Waals surface area contributed by atoms with Crippen molar-refractivity contribution in [3.8, 4) is 0 Å². The summed E-state index contributed by atoms with van der Waals surface area (Å²) in [6.45, 7) is 4.77. The second-order valence-corrected chi connectivity index (χ2v) is 7.15. The van der Waals surface area contributed by atoms with Crippen LogP contribution in [-0.4, -0.2) is 32.6 Å². The Bertz CT molecular complexity index is 772. The summed E-state index contributed by atoms with van der Waals surface area (Å²) in [4.78, 5) is 42.3. The highest BCUT2D eigenvalue weighted by atomic mass is 16.2. The van der Waals surface area contributed by atoms with Crippen LogP contribution in [0.3, 0.4) is 0 Å². The SMILES string of the molecule is CCCCCCCC(=O)n1c(=O)n(C(=O)NCCCCCC)c2cccnc21. The number of nitrogens with one attached hydrogen (secondary N) is 1. The number of hydrogen-bond donors (Lipinski definition) is 1. The summed E-state index contributed by atoms with van der Waals surface area (Å²) in [6.07, 6.45) is 11.0. The predicted molar refractivity (Wildman–Crippen MR) is 111 cm³/mol. The Morgan fingerprint density at radius 3 is 2.36 bits per heavy atom. The van der Waals surface area contributed by atoms with E-state index in [-0.39, 0.29) is 18.0 Å². The molecule has 0 saturated carbocycles. The van der Waals surface area contributed by atoms with E-state index < -0.39 is 11.7 Å². The highest BCUT2D eigenvalue weighted by molar-refractivity contribution is 5.94. The van der Waals surface area contributed by atoms with Crippen molar-refractivity contribution in [2.75, 3.05) is 6.54 Å². The molecule has 0 aliphatic carbocycles. The van der Waals surface area contributed by atoms with Gasteiger partial charge in [-0.3, -0.25) is 4.79 Å². The maximum Gasteiger partial charge on any atom is 0.345 e. The smallest absolute Gasteiger partial charge is 0.337 e. The fourth-order valence-electron chi connectivity index (χ4n) is 3.27. The average Bonchev–Trinajstić information content (AvgIpc) is 2.99. The number of fused-ring (bicyclic) bond motifs is 1. The molecular weight excluding hydrogens is 356 g/mol. The number of nitrogens with zero attached hydrogens (tertiary/aromatic N) is 3. The van der Waals surface area contributed by atoms with E-state index in [2.05, 4.69) is 24.1 Å². The van der Waals surface area contributed by atoms with E-state index in [0.717, 1.165) is 66.9 Å². The molecule has 1 amide bonds. The standard InChI is InChI=1S/C21H32N4O3/c1-3-5-7-9-10-14-18(26)25-19-17(13-12-16-22-19)24(21(25)28)20(27)23-15-11-8-6-4-2/h12-13,16H,3-11,14-15H2,1-2H3,(H,23,27). The van der Waals surface area contributed by atoms with Crippen LogP contribution in [0.5, 0.6) is 0 Å². The largest absolute Gasteiger partial charge is 0.345 e. The molecule has 0 aliphatic rings. The summed E-state index contributed by atoms with van der Waals surface area (Å²) in [5, 5.41) is 2.78. The molecule has 0 saturated heterocycles. The first kappa shape index (κ1) is 21.9. The van der Waals surface area contributed by atoms with E-state index in [1.54, 1.807) is 12.1 Å². The van der Waals surface area contributed by atoms with Crippen molar-refractivity contribution >= 4 is 23.1 Å². The number of hydrogen-bond acceptors (Lipinski definition) is 4. The lowest BCUT2D eigenvalue weighted by molar-refractivity contribution is 0.0899. The number of imidazole rings is 1. The number of carbonyl (C=O) groups excluding carboxylic acids is 2. The van der Waals surface area contributed by atoms with Gasteiger partial charge in [-0.1, -0.05) is 58.8 Å². The molecule has 0 radical (unpaired) electrons. The van der Waals surface area contributed by atoms with E-state index in [1.165, 1.54) is 6.20 Å². The highest BCUT2D eigenvalue weighted by Crippen LogP contribution is 2.12. The normalized spacial score (nSPS) is 11.1. The topological polar surface area (TPSA) is 86.0 Å². The van der Waals surface area contributed by atoms with Crippen molar-refractivity contribution in [3.63, 3.8) is 0 Å². The lowest BCUT2D eigenvalue weighted by Gasteiger charge is -2.05. The zero-order chi connectivity index (χ0) is 20.4. The third-order valence-electron chi connectivity index (χ3n) is 4.85. The number of pyridine rings is 1. The molecule has 0 spiro atoms. The van der Waals surface area contributed by atoms with Crippen molar-refractivity contribution < 1.29 is 9.59 Å². The van der Waals surface area contributed by atoms with Crippen LogP contribution in [0.25, 0.3) is 11.2 Å². The van der Waals surface area contributed by atoms with Crippen molar-refractivity contribution in [3.05, 3.63) is 28.8 Å². The minimum atomic E-state index is -0.640. The minimum absolute atomic E-state index is 0.243. The third-order valence-corrected chi connectivity index (χ3v) is 4.85. The van der Waals surface area contributed by atoms with Crippen molar-refractivity contribution in [2.24, 2.45) is 0 Å². The summed E-state index contributed by atoms with van der Waals surface area (Å²) < 4.78 is 2.07. The Balaban J connectivity index is 2.15. The second-order valence-electron chi connectivity index (χ2n) is 7.15. The van der Waals surface area contributed by atoms with Gasteiger partial charge in [0.05, 0.1) is 5.52 Å². The van der Waals surface area contributed by atoms with Gasteiger partial charge in [-0.2, -0.15) is 0 Å². The Morgan fingerprint density at radius 2 is 1.64 bits per heavy atom. The molecule has 0 bridgehead atoms. The summed E-state index contributed by atoms with van der Waals surface area (Å²) in [6, 6.07) is 2.80. The third kappa shape index (κ3) is 5.53. The molecule has 7 heteroatoms. The summed E-state index contributed by atoms with van der Waals surface area (Å²) in [5.41, 5.74) is -0.0385. The maximum atomic E-state index is 12.8. The lowest BCUT2D eigenvalue weighted by atomic mass is 10.1. The number of rotatable bonds is 11. The van der Waals surface area contributed by atoms with Crippen LogP contribution in [0.15, 0.2) is 23.1 Å². The van der Waals surface area contributed by atoms with Crippen LogP contribution in [-0.2, 0) is 0 Å². The van der Waals surface area contributed by atoms with E-state index in [9.17, 15) is 14.4 Å². The van der Waals surface area contributed by atoms with Gasteiger partial charge >= 0.3 is 11.7 Å². The van der Waals surface area contributed by atoms with Gasteiger partial charge in [-0.15, -0.1) is 0 Å². The van der Waals surface area contributed by atoms with E-state index >= 15 is 0 Å². The van der Waals surface area contributed by atoms with Gasteiger partial charge in [0.25, 0.3) is 0 Å². The highest BCUT2D eigenvalue weighted by Gasteiger charge is 2.22. The van der Waals surface area contributed by atoms with Gasteiger partial charge < -0.3 is 5.32 Å². The minimum Gasteiger partial charge on any atom is -0.337 e. The quantitative estimate of drug-likeness (QED) is 0.580. The van der Waals surface area contributed by atoms with Gasteiger partial charge in [-0.25, -0.2) is 23.7 Å². The lowest BCUT2D eigenvalue weighted by Crippen LogP contribution is -2.38. The van der Waals surface area contributed by atoms with E-state index in [4.69, 9.17) is 0 Å². The molecule has 2 heterocycles. The molecule has 0 unspecified atom stereocenters. The fraction of sp³-hybridized carbons (Fsp3) is 0.619. The Labute approximate surface area is 166 Å². The molecular formula is C21H32N4O3. The first-order chi connectivity index (χ1) is 13.6. The van der Waals surface area contributed by atoms with Gasteiger partial charge in [0, 0.05) is 19.2 Å². The number of amides is 1. The van der Waals surface area contributed by atoms with Crippen LogP contribution in [0.1, 0.15) is 82.9 Å². The summed E-state index contributed by atoms with van der Waals surface area (Å²) in [5.74, 6) is -0.306. The maximum absolute atomic E-state index is 12.8. The van der Waals surface area contributed by atoms with Gasteiger partial charge in [0.1, 0.15) is 0 Å². The van der Waals surface area contributed by atoms with Crippen LogP contribution in [0.4, 0.5) is 4.79 Å². The van der Waals surface area contributed by atoms with Crippen LogP contribution in [0.2, 0.25) is 0 Å². The van der Waals surface area contributed by atoms with Crippen molar-refractivity contribution in [2.45, 2.75) is 78.1 Å².